The van der Waals surface area contributed by atoms with Crippen LogP contribution in [0.2, 0.25) is 0 Å². The van der Waals surface area contributed by atoms with E-state index in [1.54, 1.807) is 11.1 Å². The minimum Gasteiger partial charge on any atom is -0.444 e. The molecule has 2 atom stereocenters. The fourth-order valence-electron chi connectivity index (χ4n) is 2.76. The largest absolute Gasteiger partial charge is 0.444 e. The minimum atomic E-state index is -0.574. The van der Waals surface area contributed by atoms with Crippen molar-refractivity contribution in [3.05, 3.63) is 16.6 Å². The molecule has 26 heavy (non-hydrogen) atoms. The maximum Gasteiger partial charge on any atom is 0.410 e. The van der Waals surface area contributed by atoms with Crippen LogP contribution in [0.3, 0.4) is 0 Å². The SMILES string of the molecule is CC(C)(C)OC(=O)NC(c1nccs1)C1CCN(C(=O)OC(C)(C)C)C1. The summed E-state index contributed by atoms with van der Waals surface area (Å²) in [4.78, 5) is 30.6. The Morgan fingerprint density at radius 3 is 2.42 bits per heavy atom. The van der Waals surface area contributed by atoms with E-state index >= 15 is 0 Å². The molecule has 1 aliphatic heterocycles. The number of ether oxygens (including phenoxy) is 2. The van der Waals surface area contributed by atoms with E-state index in [1.165, 1.54) is 11.3 Å². The molecule has 8 heteroatoms. The van der Waals surface area contributed by atoms with Gasteiger partial charge in [0.05, 0.1) is 6.04 Å². The monoisotopic (exact) mass is 383 g/mol. The van der Waals surface area contributed by atoms with Gasteiger partial charge in [-0.15, -0.1) is 11.3 Å². The third-order valence-electron chi connectivity index (χ3n) is 3.74. The maximum absolute atomic E-state index is 12.3. The summed E-state index contributed by atoms with van der Waals surface area (Å²) < 4.78 is 10.8. The Hall–Kier alpha value is -1.83. The Morgan fingerprint density at radius 1 is 1.23 bits per heavy atom. The molecule has 0 saturated carbocycles. The first-order valence-electron chi connectivity index (χ1n) is 8.81. The van der Waals surface area contributed by atoms with Gasteiger partial charge in [-0.2, -0.15) is 0 Å². The Bertz CT molecular complexity index is 619. The van der Waals surface area contributed by atoms with Gasteiger partial charge in [0.15, 0.2) is 0 Å². The zero-order valence-electron chi connectivity index (χ0n) is 16.4. The molecule has 2 rings (SSSR count). The number of rotatable bonds is 3. The molecule has 7 nitrogen and oxygen atoms in total. The van der Waals surface area contributed by atoms with Crippen LogP contribution in [0.1, 0.15) is 59.0 Å². The van der Waals surface area contributed by atoms with E-state index in [1.807, 2.05) is 46.9 Å². The van der Waals surface area contributed by atoms with Crippen molar-refractivity contribution in [3.8, 4) is 0 Å². The van der Waals surface area contributed by atoms with Gasteiger partial charge in [-0.1, -0.05) is 0 Å². The topological polar surface area (TPSA) is 80.8 Å². The molecule has 1 fully saturated rings. The molecule has 0 aromatic carbocycles. The number of thiazole rings is 1. The molecule has 1 aromatic heterocycles. The lowest BCUT2D eigenvalue weighted by Gasteiger charge is -2.27. The van der Waals surface area contributed by atoms with Gasteiger partial charge >= 0.3 is 12.2 Å². The second-order valence-corrected chi connectivity index (χ2v) is 9.40. The van der Waals surface area contributed by atoms with Crippen molar-refractivity contribution in [2.24, 2.45) is 5.92 Å². The van der Waals surface area contributed by atoms with Crippen molar-refractivity contribution < 1.29 is 19.1 Å². The minimum absolute atomic E-state index is 0.0567. The number of carbonyl (C=O) groups excluding carboxylic acids is 2. The summed E-state index contributed by atoms with van der Waals surface area (Å²) in [6.07, 6.45) is 1.67. The zero-order chi connectivity index (χ0) is 19.5. The van der Waals surface area contributed by atoms with Crippen LogP contribution in [-0.2, 0) is 9.47 Å². The van der Waals surface area contributed by atoms with Crippen LogP contribution in [0.5, 0.6) is 0 Å². The van der Waals surface area contributed by atoms with Crippen molar-refractivity contribution >= 4 is 23.5 Å². The van der Waals surface area contributed by atoms with Gasteiger partial charge in [0.1, 0.15) is 16.2 Å². The van der Waals surface area contributed by atoms with Crippen molar-refractivity contribution in [2.75, 3.05) is 13.1 Å². The summed E-state index contributed by atoms with van der Waals surface area (Å²) in [6.45, 7) is 12.1. The normalized spacial score (nSPS) is 19.2. The second-order valence-electron chi connectivity index (χ2n) is 8.47. The van der Waals surface area contributed by atoms with E-state index in [4.69, 9.17) is 9.47 Å². The number of hydrogen-bond acceptors (Lipinski definition) is 6. The summed E-state index contributed by atoms with van der Waals surface area (Å²) in [6, 6.07) is -0.294. The van der Waals surface area contributed by atoms with Crippen molar-refractivity contribution in [1.82, 2.24) is 15.2 Å². The van der Waals surface area contributed by atoms with Crippen molar-refractivity contribution in [1.29, 1.82) is 0 Å². The quantitative estimate of drug-likeness (QED) is 0.854. The van der Waals surface area contributed by atoms with Gasteiger partial charge in [0, 0.05) is 30.6 Å². The number of carbonyl (C=O) groups is 2. The van der Waals surface area contributed by atoms with E-state index in [0.29, 0.717) is 13.1 Å². The highest BCUT2D eigenvalue weighted by atomic mass is 32.1. The summed E-state index contributed by atoms with van der Waals surface area (Å²) in [5, 5.41) is 5.62. The van der Waals surface area contributed by atoms with Gasteiger partial charge in [-0.3, -0.25) is 0 Å². The van der Waals surface area contributed by atoms with E-state index < -0.39 is 17.3 Å². The van der Waals surface area contributed by atoms with Crippen LogP contribution in [0, 0.1) is 5.92 Å². The molecule has 0 aliphatic carbocycles. The highest BCUT2D eigenvalue weighted by Gasteiger charge is 2.37. The Labute approximate surface area is 159 Å². The third kappa shape index (κ3) is 6.16. The summed E-state index contributed by atoms with van der Waals surface area (Å²) in [5.41, 5.74) is -1.10. The number of nitrogens with zero attached hydrogens (tertiary/aromatic N) is 2. The molecule has 0 bridgehead atoms. The molecule has 2 amide bonds. The lowest BCUT2D eigenvalue weighted by Crippen LogP contribution is -2.39. The molecule has 1 N–H and O–H groups in total. The van der Waals surface area contributed by atoms with Crippen LogP contribution in [0.25, 0.3) is 0 Å². The molecule has 2 unspecified atom stereocenters. The predicted molar refractivity (Wildman–Crippen MR) is 100 cm³/mol. The highest BCUT2D eigenvalue weighted by molar-refractivity contribution is 7.09. The molecule has 1 aromatic rings. The number of likely N-dealkylation sites (tertiary alicyclic amines) is 1. The van der Waals surface area contributed by atoms with Gasteiger partial charge in [0.25, 0.3) is 0 Å². The van der Waals surface area contributed by atoms with Crippen LogP contribution in [0.4, 0.5) is 9.59 Å². The number of alkyl carbamates (subject to hydrolysis) is 1. The molecular weight excluding hydrogens is 354 g/mol. The molecule has 2 heterocycles. The fourth-order valence-corrected chi connectivity index (χ4v) is 3.54. The average Bonchev–Trinajstić information content (AvgIpc) is 3.13. The van der Waals surface area contributed by atoms with Crippen LogP contribution in [-0.4, -0.2) is 46.4 Å². The Balaban J connectivity index is 2.05. The molecule has 0 spiro atoms. The van der Waals surface area contributed by atoms with Crippen LogP contribution >= 0.6 is 11.3 Å². The molecule has 146 valence electrons. The number of amides is 2. The zero-order valence-corrected chi connectivity index (χ0v) is 17.2. The number of nitrogens with one attached hydrogen (secondary N) is 1. The van der Waals surface area contributed by atoms with Gasteiger partial charge in [0.2, 0.25) is 0 Å². The summed E-state index contributed by atoms with van der Waals surface area (Å²) in [7, 11) is 0. The smallest absolute Gasteiger partial charge is 0.410 e. The van der Waals surface area contributed by atoms with E-state index in [-0.39, 0.29) is 18.1 Å². The fraction of sp³-hybridized carbons (Fsp3) is 0.722. The molecule has 1 saturated heterocycles. The Kier molecular flexibility index (Phi) is 6.16. The first-order valence-corrected chi connectivity index (χ1v) is 9.69. The maximum atomic E-state index is 12.3. The van der Waals surface area contributed by atoms with E-state index in [9.17, 15) is 9.59 Å². The van der Waals surface area contributed by atoms with E-state index in [0.717, 1.165) is 11.4 Å². The van der Waals surface area contributed by atoms with Gasteiger partial charge in [-0.25, -0.2) is 14.6 Å². The van der Waals surface area contributed by atoms with Gasteiger partial charge < -0.3 is 19.7 Å². The lowest BCUT2D eigenvalue weighted by atomic mass is 9.99. The first-order chi connectivity index (χ1) is 11.9. The summed E-state index contributed by atoms with van der Waals surface area (Å²) >= 11 is 1.48. The number of hydrogen-bond donors (Lipinski definition) is 1. The van der Waals surface area contributed by atoms with E-state index in [2.05, 4.69) is 10.3 Å². The molecule has 0 radical (unpaired) electrons. The van der Waals surface area contributed by atoms with Crippen molar-refractivity contribution in [3.63, 3.8) is 0 Å². The second kappa shape index (κ2) is 7.82. The first kappa shape index (κ1) is 20.5. The summed E-state index contributed by atoms with van der Waals surface area (Å²) in [5.74, 6) is 0.0567. The van der Waals surface area contributed by atoms with Crippen molar-refractivity contribution in [2.45, 2.75) is 65.2 Å². The van der Waals surface area contributed by atoms with Crippen LogP contribution in [0.15, 0.2) is 11.6 Å². The standard InChI is InChI=1S/C18H29N3O4S/c1-17(2,3)24-15(22)20-13(14-19-8-10-26-14)12-7-9-21(11-12)16(23)25-18(4,5)6/h8,10,12-13H,7,9,11H2,1-6H3,(H,20,22). The Morgan fingerprint density at radius 2 is 1.88 bits per heavy atom. The predicted octanol–water partition coefficient (Wildman–Crippen LogP) is 3.97. The van der Waals surface area contributed by atoms with Crippen LogP contribution < -0.4 is 5.32 Å². The average molecular weight is 384 g/mol. The van der Waals surface area contributed by atoms with Gasteiger partial charge in [-0.05, 0) is 48.0 Å². The number of aromatic nitrogens is 1. The lowest BCUT2D eigenvalue weighted by molar-refractivity contribution is 0.0284. The highest BCUT2D eigenvalue weighted by Crippen LogP contribution is 2.32. The third-order valence-corrected chi connectivity index (χ3v) is 4.60. The molecule has 1 aliphatic rings. The molecular formula is C18H29N3O4S.